The van der Waals surface area contributed by atoms with E-state index >= 15 is 0 Å². The van der Waals surface area contributed by atoms with Gasteiger partial charge in [0.25, 0.3) is 5.56 Å². The summed E-state index contributed by atoms with van der Waals surface area (Å²) in [5, 5.41) is 12.1. The second-order valence-corrected chi connectivity index (χ2v) is 6.84. The number of hydrogen-bond acceptors (Lipinski definition) is 6. The summed E-state index contributed by atoms with van der Waals surface area (Å²) in [4.78, 5) is 30.1. The molecule has 0 saturated carbocycles. The molecule has 1 atom stereocenters. The van der Waals surface area contributed by atoms with Gasteiger partial charge in [-0.3, -0.25) is 15.0 Å². The lowest BCUT2D eigenvalue weighted by Gasteiger charge is -2.35. The zero-order valence-electron chi connectivity index (χ0n) is 13.9. The van der Waals surface area contributed by atoms with Crippen LogP contribution in [0.25, 0.3) is 0 Å². The summed E-state index contributed by atoms with van der Waals surface area (Å²) in [5.74, 6) is 0. The molecular formula is C16H22N6O2S. The van der Waals surface area contributed by atoms with E-state index in [-0.39, 0.29) is 17.6 Å². The summed E-state index contributed by atoms with van der Waals surface area (Å²) in [5.41, 5.74) is -0.0861. The fraction of sp³-hybridized carbons (Fsp3) is 0.500. The van der Waals surface area contributed by atoms with E-state index in [1.807, 2.05) is 5.38 Å². The zero-order chi connectivity index (χ0) is 17.5. The van der Waals surface area contributed by atoms with Gasteiger partial charge < -0.3 is 5.32 Å². The quantitative estimate of drug-likeness (QED) is 0.810. The summed E-state index contributed by atoms with van der Waals surface area (Å²) < 4.78 is 1.48. The molecule has 3 heterocycles. The second kappa shape index (κ2) is 8.72. The van der Waals surface area contributed by atoms with Gasteiger partial charge in [0.2, 0.25) is 0 Å². The van der Waals surface area contributed by atoms with E-state index in [0.29, 0.717) is 18.2 Å². The molecule has 1 aliphatic heterocycles. The Kier molecular flexibility index (Phi) is 6.13. The van der Waals surface area contributed by atoms with Gasteiger partial charge in [-0.25, -0.2) is 14.5 Å². The van der Waals surface area contributed by atoms with Crippen molar-refractivity contribution in [1.29, 1.82) is 0 Å². The largest absolute Gasteiger partial charge is 0.336 e. The molecule has 9 heteroatoms. The van der Waals surface area contributed by atoms with Crippen molar-refractivity contribution in [3.05, 3.63) is 40.3 Å². The third-order valence-electron chi connectivity index (χ3n) is 4.28. The van der Waals surface area contributed by atoms with E-state index in [9.17, 15) is 9.59 Å². The van der Waals surface area contributed by atoms with E-state index in [1.165, 1.54) is 22.1 Å². The van der Waals surface area contributed by atoms with E-state index < -0.39 is 0 Å². The molecule has 25 heavy (non-hydrogen) atoms. The number of aromatic nitrogens is 3. The van der Waals surface area contributed by atoms with Crippen LogP contribution in [-0.4, -0.2) is 51.4 Å². The summed E-state index contributed by atoms with van der Waals surface area (Å²) >= 11 is 1.39. The highest BCUT2D eigenvalue weighted by Crippen LogP contribution is 2.16. The van der Waals surface area contributed by atoms with Crippen molar-refractivity contribution in [2.45, 2.75) is 31.8 Å². The molecule has 1 saturated heterocycles. The number of nitrogens with one attached hydrogen (secondary N) is 2. The van der Waals surface area contributed by atoms with Crippen molar-refractivity contribution < 1.29 is 4.79 Å². The number of nitrogens with zero attached hydrogens (tertiary/aromatic N) is 4. The molecule has 2 amide bonds. The fourth-order valence-corrected chi connectivity index (χ4v) is 3.52. The lowest BCUT2D eigenvalue weighted by atomic mass is 10.0. The zero-order valence-corrected chi connectivity index (χ0v) is 14.7. The van der Waals surface area contributed by atoms with Crippen LogP contribution < -0.4 is 16.2 Å². The van der Waals surface area contributed by atoms with Crippen molar-refractivity contribution in [2.24, 2.45) is 0 Å². The molecule has 1 aliphatic rings. The van der Waals surface area contributed by atoms with E-state index in [0.717, 1.165) is 32.4 Å². The van der Waals surface area contributed by atoms with E-state index in [4.69, 9.17) is 0 Å². The van der Waals surface area contributed by atoms with Crippen molar-refractivity contribution in [3.63, 3.8) is 0 Å². The first kappa shape index (κ1) is 17.6. The minimum atomic E-state index is -0.235. The van der Waals surface area contributed by atoms with Gasteiger partial charge in [0.05, 0.1) is 6.54 Å². The van der Waals surface area contributed by atoms with Crippen LogP contribution in [-0.2, 0) is 6.54 Å². The van der Waals surface area contributed by atoms with Crippen LogP contribution in [0.15, 0.2) is 34.7 Å². The molecule has 1 unspecified atom stereocenters. The minimum absolute atomic E-state index is 0.0861. The number of anilines is 1. The first-order valence-corrected chi connectivity index (χ1v) is 9.31. The van der Waals surface area contributed by atoms with Gasteiger partial charge in [0.15, 0.2) is 5.13 Å². The van der Waals surface area contributed by atoms with Crippen molar-refractivity contribution in [1.82, 2.24) is 25.0 Å². The summed E-state index contributed by atoms with van der Waals surface area (Å²) in [6.07, 6.45) is 6.61. The SMILES string of the molecule is O=C(NCC1CCCCN1CCn1ncccc1=O)Nc1nccs1. The number of hydrogen-bond donors (Lipinski definition) is 2. The van der Waals surface area contributed by atoms with E-state index in [2.05, 4.69) is 25.6 Å². The predicted octanol–water partition coefficient (Wildman–Crippen LogP) is 1.38. The third kappa shape index (κ3) is 5.10. The van der Waals surface area contributed by atoms with Crippen LogP contribution in [0.5, 0.6) is 0 Å². The number of thiazole rings is 1. The van der Waals surface area contributed by atoms with Crippen LogP contribution in [0.4, 0.5) is 9.93 Å². The Labute approximate surface area is 149 Å². The number of amides is 2. The Bertz CT molecular complexity index is 732. The molecule has 3 rings (SSSR count). The first-order valence-electron chi connectivity index (χ1n) is 8.43. The number of piperidine rings is 1. The smallest absolute Gasteiger partial charge is 0.321 e. The Balaban J connectivity index is 1.49. The average Bonchev–Trinajstić information content (AvgIpc) is 3.13. The molecule has 0 bridgehead atoms. The van der Waals surface area contributed by atoms with Crippen molar-refractivity contribution in [2.75, 3.05) is 25.0 Å². The number of carbonyl (C=O) groups excluding carboxylic acids is 1. The lowest BCUT2D eigenvalue weighted by Crippen LogP contribution is -2.48. The van der Waals surface area contributed by atoms with Crippen LogP contribution >= 0.6 is 11.3 Å². The molecular weight excluding hydrogens is 340 g/mol. The monoisotopic (exact) mass is 362 g/mol. The van der Waals surface area contributed by atoms with Crippen LogP contribution in [0.3, 0.4) is 0 Å². The Morgan fingerprint density at radius 1 is 1.32 bits per heavy atom. The second-order valence-electron chi connectivity index (χ2n) is 5.94. The number of likely N-dealkylation sites (tertiary alicyclic amines) is 1. The maximum absolute atomic E-state index is 12.0. The van der Waals surface area contributed by atoms with Gasteiger partial charge >= 0.3 is 6.03 Å². The fourth-order valence-electron chi connectivity index (χ4n) is 3.00. The highest BCUT2D eigenvalue weighted by molar-refractivity contribution is 7.13. The first-order chi connectivity index (χ1) is 12.2. The molecule has 0 radical (unpaired) electrons. The molecule has 8 nitrogen and oxygen atoms in total. The Hall–Kier alpha value is -2.26. The van der Waals surface area contributed by atoms with Gasteiger partial charge in [0, 0.05) is 43.0 Å². The molecule has 0 aromatic carbocycles. The molecule has 0 spiro atoms. The van der Waals surface area contributed by atoms with Gasteiger partial charge in [-0.15, -0.1) is 11.3 Å². The van der Waals surface area contributed by atoms with Gasteiger partial charge in [-0.1, -0.05) is 6.42 Å². The van der Waals surface area contributed by atoms with Crippen molar-refractivity contribution in [3.8, 4) is 0 Å². The third-order valence-corrected chi connectivity index (χ3v) is 4.97. The van der Waals surface area contributed by atoms with Gasteiger partial charge in [-0.2, -0.15) is 5.10 Å². The highest BCUT2D eigenvalue weighted by atomic mass is 32.1. The summed E-state index contributed by atoms with van der Waals surface area (Å²) in [7, 11) is 0. The van der Waals surface area contributed by atoms with Crippen molar-refractivity contribution >= 4 is 22.5 Å². The Morgan fingerprint density at radius 3 is 3.04 bits per heavy atom. The predicted molar refractivity (Wildman–Crippen MR) is 96.8 cm³/mol. The van der Waals surface area contributed by atoms with Crippen LogP contribution in [0, 0.1) is 0 Å². The molecule has 1 fully saturated rings. The molecule has 0 aliphatic carbocycles. The molecule has 134 valence electrons. The topological polar surface area (TPSA) is 92.2 Å². The van der Waals surface area contributed by atoms with Gasteiger partial charge in [0.1, 0.15) is 0 Å². The average molecular weight is 362 g/mol. The summed E-state index contributed by atoms with van der Waals surface area (Å²) in [6.45, 7) is 2.86. The highest BCUT2D eigenvalue weighted by Gasteiger charge is 2.22. The maximum atomic E-state index is 12.0. The summed E-state index contributed by atoms with van der Waals surface area (Å²) in [6, 6.07) is 3.20. The normalized spacial score (nSPS) is 18.0. The molecule has 2 aromatic heterocycles. The van der Waals surface area contributed by atoms with Crippen LogP contribution in [0.2, 0.25) is 0 Å². The molecule has 2 aromatic rings. The van der Waals surface area contributed by atoms with Crippen LogP contribution in [0.1, 0.15) is 19.3 Å². The van der Waals surface area contributed by atoms with Gasteiger partial charge in [-0.05, 0) is 25.5 Å². The minimum Gasteiger partial charge on any atom is -0.336 e. The van der Waals surface area contributed by atoms with E-state index in [1.54, 1.807) is 18.5 Å². The standard InChI is InChI=1S/C16H22N6O2S/c23-14-5-3-6-19-22(14)10-9-21-8-2-1-4-13(21)12-18-15(24)20-16-17-7-11-25-16/h3,5-7,11,13H,1-2,4,8-10,12H2,(H2,17,18,20,24). The number of urea groups is 1. The molecule has 2 N–H and O–H groups in total. The Morgan fingerprint density at radius 2 is 2.24 bits per heavy atom. The number of carbonyl (C=O) groups is 1. The maximum Gasteiger partial charge on any atom is 0.321 e. The number of rotatable bonds is 6. The lowest BCUT2D eigenvalue weighted by molar-refractivity contribution is 0.139.